The molecule has 0 aliphatic carbocycles. The summed E-state index contributed by atoms with van der Waals surface area (Å²) < 4.78 is 5.29. The van der Waals surface area contributed by atoms with Gasteiger partial charge in [0.2, 0.25) is 0 Å². The van der Waals surface area contributed by atoms with Gasteiger partial charge >= 0.3 is 0 Å². The molecule has 0 saturated carbocycles. The van der Waals surface area contributed by atoms with Crippen molar-refractivity contribution in [3.8, 4) is 11.8 Å². The van der Waals surface area contributed by atoms with Crippen LogP contribution in [0.15, 0.2) is 24.3 Å². The van der Waals surface area contributed by atoms with Gasteiger partial charge in [-0.1, -0.05) is 6.07 Å². The molecule has 1 aromatic carbocycles. The van der Waals surface area contributed by atoms with Gasteiger partial charge in [0, 0.05) is 36.9 Å². The summed E-state index contributed by atoms with van der Waals surface area (Å²) in [5, 5.41) is 8.93. The summed E-state index contributed by atoms with van der Waals surface area (Å²) in [5.74, 6) is 0.875. The fourth-order valence-corrected chi connectivity index (χ4v) is 2.69. The molecule has 0 N–H and O–H groups in total. The lowest BCUT2D eigenvalue weighted by atomic mass is 10.0. The third-order valence-corrected chi connectivity index (χ3v) is 3.83. The predicted molar refractivity (Wildman–Crippen MR) is 76.5 cm³/mol. The quantitative estimate of drug-likeness (QED) is 0.833. The molecule has 2 rings (SSSR count). The fraction of sp³-hybridized carbons (Fsp3) is 0.533. The van der Waals surface area contributed by atoms with Gasteiger partial charge in [-0.2, -0.15) is 5.26 Å². The average Bonchev–Trinajstić information content (AvgIpc) is 2.42. The van der Waals surface area contributed by atoms with Crippen LogP contribution in [0.5, 0.6) is 5.75 Å². The zero-order chi connectivity index (χ0) is 13.8. The molecule has 1 aromatic rings. The third-order valence-electron chi connectivity index (χ3n) is 3.83. The highest BCUT2D eigenvalue weighted by atomic mass is 16.5. The second-order valence-electron chi connectivity index (χ2n) is 5.16. The van der Waals surface area contributed by atoms with Crippen LogP contribution < -0.4 is 9.64 Å². The standard InChI is InChI=1S/C15H21N3O/c1-12-10-17(2)14(7-8-16)11-18(12)13-5-4-6-15(9-13)19-3/h4-6,9,12,14H,7,10-11H2,1-3H3. The maximum atomic E-state index is 8.93. The zero-order valence-electron chi connectivity index (χ0n) is 11.8. The van der Waals surface area contributed by atoms with Gasteiger partial charge in [0.05, 0.1) is 19.6 Å². The molecule has 1 fully saturated rings. The molecule has 1 aliphatic rings. The number of nitriles is 1. The molecule has 1 heterocycles. The molecule has 102 valence electrons. The van der Waals surface area contributed by atoms with Gasteiger partial charge in [0.25, 0.3) is 0 Å². The van der Waals surface area contributed by atoms with E-state index in [1.165, 1.54) is 5.69 Å². The zero-order valence-corrected chi connectivity index (χ0v) is 11.8. The number of hydrogen-bond acceptors (Lipinski definition) is 4. The first-order valence-corrected chi connectivity index (χ1v) is 6.63. The minimum absolute atomic E-state index is 0.299. The van der Waals surface area contributed by atoms with Crippen molar-refractivity contribution in [1.29, 1.82) is 5.26 Å². The van der Waals surface area contributed by atoms with Crippen molar-refractivity contribution >= 4 is 5.69 Å². The second-order valence-corrected chi connectivity index (χ2v) is 5.16. The van der Waals surface area contributed by atoms with Gasteiger partial charge in [0.1, 0.15) is 5.75 Å². The van der Waals surface area contributed by atoms with Crippen LogP contribution in [-0.2, 0) is 0 Å². The monoisotopic (exact) mass is 259 g/mol. The molecule has 0 spiro atoms. The van der Waals surface area contributed by atoms with Crippen molar-refractivity contribution in [1.82, 2.24) is 4.90 Å². The van der Waals surface area contributed by atoms with Crippen molar-refractivity contribution in [2.75, 3.05) is 32.1 Å². The second kappa shape index (κ2) is 5.94. The summed E-state index contributed by atoms with van der Waals surface area (Å²) in [6, 6.07) is 11.2. The molecule has 0 aromatic heterocycles. The van der Waals surface area contributed by atoms with E-state index < -0.39 is 0 Å². The van der Waals surface area contributed by atoms with Crippen LogP contribution in [0.1, 0.15) is 13.3 Å². The highest BCUT2D eigenvalue weighted by molar-refractivity contribution is 5.52. The molecule has 0 radical (unpaired) electrons. The Morgan fingerprint density at radius 1 is 1.42 bits per heavy atom. The van der Waals surface area contributed by atoms with Crippen LogP contribution in [0, 0.1) is 11.3 Å². The number of likely N-dealkylation sites (N-methyl/N-ethyl adjacent to an activating group) is 1. The Bertz CT molecular complexity index is 469. The number of methoxy groups -OCH3 is 1. The van der Waals surface area contributed by atoms with Gasteiger partial charge in [-0.25, -0.2) is 0 Å². The number of nitrogens with zero attached hydrogens (tertiary/aromatic N) is 3. The minimum atomic E-state index is 0.299. The first-order chi connectivity index (χ1) is 9.15. The SMILES string of the molecule is COc1cccc(N2CC(CC#N)N(C)CC2C)c1. The molecule has 19 heavy (non-hydrogen) atoms. The molecule has 1 saturated heterocycles. The van der Waals surface area contributed by atoms with Crippen LogP contribution >= 0.6 is 0 Å². The average molecular weight is 259 g/mol. The van der Waals surface area contributed by atoms with E-state index in [4.69, 9.17) is 10.00 Å². The Labute approximate surface area is 115 Å². The van der Waals surface area contributed by atoms with Gasteiger partial charge in [-0.3, -0.25) is 4.90 Å². The maximum Gasteiger partial charge on any atom is 0.120 e. The summed E-state index contributed by atoms with van der Waals surface area (Å²) in [7, 11) is 3.78. The van der Waals surface area contributed by atoms with Crippen LogP contribution in [-0.4, -0.2) is 44.2 Å². The highest BCUT2D eigenvalue weighted by Crippen LogP contribution is 2.26. The van der Waals surface area contributed by atoms with Crippen LogP contribution in [0.25, 0.3) is 0 Å². The number of rotatable bonds is 3. The predicted octanol–water partition coefficient (Wildman–Crippen LogP) is 2.12. The van der Waals surface area contributed by atoms with Gasteiger partial charge in [-0.15, -0.1) is 0 Å². The Morgan fingerprint density at radius 3 is 2.89 bits per heavy atom. The summed E-state index contributed by atoms with van der Waals surface area (Å²) in [6.45, 7) is 4.08. The first kappa shape index (κ1) is 13.7. The smallest absolute Gasteiger partial charge is 0.120 e. The number of piperazine rings is 1. The highest BCUT2D eigenvalue weighted by Gasteiger charge is 2.29. The van der Waals surface area contributed by atoms with Crippen molar-refractivity contribution in [3.63, 3.8) is 0 Å². The van der Waals surface area contributed by atoms with E-state index in [2.05, 4.69) is 42.0 Å². The topological polar surface area (TPSA) is 39.5 Å². The summed E-state index contributed by atoms with van der Waals surface area (Å²) >= 11 is 0. The molecule has 4 nitrogen and oxygen atoms in total. The normalized spacial score (nSPS) is 24.0. The summed E-state index contributed by atoms with van der Waals surface area (Å²) in [6.07, 6.45) is 0.573. The van der Waals surface area contributed by atoms with Crippen LogP contribution in [0.4, 0.5) is 5.69 Å². The molecule has 2 atom stereocenters. The van der Waals surface area contributed by atoms with Crippen molar-refractivity contribution in [2.45, 2.75) is 25.4 Å². The largest absolute Gasteiger partial charge is 0.497 e. The molecular weight excluding hydrogens is 238 g/mol. The summed E-state index contributed by atoms with van der Waals surface area (Å²) in [5.41, 5.74) is 1.17. The summed E-state index contributed by atoms with van der Waals surface area (Å²) in [4.78, 5) is 4.65. The Hall–Kier alpha value is -1.73. The van der Waals surface area contributed by atoms with E-state index in [-0.39, 0.29) is 0 Å². The number of ether oxygens (including phenoxy) is 1. The van der Waals surface area contributed by atoms with E-state index >= 15 is 0 Å². The van der Waals surface area contributed by atoms with E-state index in [0.717, 1.165) is 18.8 Å². The number of hydrogen-bond donors (Lipinski definition) is 0. The Balaban J connectivity index is 2.20. The van der Waals surface area contributed by atoms with E-state index in [0.29, 0.717) is 18.5 Å². The molecule has 1 aliphatic heterocycles. The first-order valence-electron chi connectivity index (χ1n) is 6.63. The lowest BCUT2D eigenvalue weighted by Gasteiger charge is -2.44. The molecule has 2 unspecified atom stereocenters. The van der Waals surface area contributed by atoms with Crippen molar-refractivity contribution < 1.29 is 4.74 Å². The third kappa shape index (κ3) is 2.99. The van der Waals surface area contributed by atoms with Gasteiger partial charge in [0.15, 0.2) is 0 Å². The fourth-order valence-electron chi connectivity index (χ4n) is 2.69. The van der Waals surface area contributed by atoms with Crippen LogP contribution in [0.3, 0.4) is 0 Å². The van der Waals surface area contributed by atoms with Crippen LogP contribution in [0.2, 0.25) is 0 Å². The van der Waals surface area contributed by atoms with E-state index in [9.17, 15) is 0 Å². The molecule has 4 heteroatoms. The minimum Gasteiger partial charge on any atom is -0.497 e. The molecular formula is C15H21N3O. The van der Waals surface area contributed by atoms with Crippen molar-refractivity contribution in [3.05, 3.63) is 24.3 Å². The Kier molecular flexibility index (Phi) is 4.28. The van der Waals surface area contributed by atoms with E-state index in [1.54, 1.807) is 7.11 Å². The molecule has 0 amide bonds. The van der Waals surface area contributed by atoms with E-state index in [1.807, 2.05) is 12.1 Å². The lowest BCUT2D eigenvalue weighted by Crippen LogP contribution is -2.56. The lowest BCUT2D eigenvalue weighted by molar-refractivity contribution is 0.194. The maximum absolute atomic E-state index is 8.93. The number of benzene rings is 1. The van der Waals surface area contributed by atoms with Gasteiger partial charge < -0.3 is 9.64 Å². The van der Waals surface area contributed by atoms with Crippen molar-refractivity contribution in [2.24, 2.45) is 0 Å². The van der Waals surface area contributed by atoms with Gasteiger partial charge in [-0.05, 0) is 26.1 Å². The number of anilines is 1. The Morgan fingerprint density at radius 2 is 2.21 bits per heavy atom. The molecule has 0 bridgehead atoms.